The van der Waals surface area contributed by atoms with Gasteiger partial charge >= 0.3 is 18.4 Å². The third-order valence-corrected chi connectivity index (χ3v) is 6.29. The predicted octanol–water partition coefficient (Wildman–Crippen LogP) is 4.80. The Kier molecular flexibility index (Phi) is 9.23. The molecule has 0 spiro atoms. The minimum absolute atomic E-state index is 0.167. The van der Waals surface area contributed by atoms with E-state index in [-0.39, 0.29) is 4.90 Å². The zero-order valence-electron chi connectivity index (χ0n) is 19.0. The number of fused-ring (bicyclic) bond motifs is 1. The first-order chi connectivity index (χ1) is 16.1. The Labute approximate surface area is 199 Å². The number of urea groups is 1. The number of carbonyl (C=O) groups is 1. The first kappa shape index (κ1) is 28.5. The number of halogens is 6. The Bertz CT molecular complexity index is 1100. The molecule has 2 amide bonds. The quantitative estimate of drug-likeness (QED) is 0.343. The molecular weight excluding hydrogens is 502 g/mol. The van der Waals surface area contributed by atoms with Crippen molar-refractivity contribution in [3.63, 3.8) is 0 Å². The van der Waals surface area contributed by atoms with E-state index in [0.717, 1.165) is 5.69 Å². The van der Waals surface area contributed by atoms with E-state index < -0.39 is 67.2 Å². The first-order valence-corrected chi connectivity index (χ1v) is 12.0. The number of hydrazine groups is 1. The van der Waals surface area contributed by atoms with Gasteiger partial charge in [0.2, 0.25) is 0 Å². The number of benzene rings is 2. The third-order valence-electron chi connectivity index (χ3n) is 4.99. The highest BCUT2D eigenvalue weighted by molar-refractivity contribution is 7.89. The molecule has 196 valence electrons. The normalized spacial score (nSPS) is 12.6. The summed E-state index contributed by atoms with van der Waals surface area (Å²) < 4.78 is 100. The summed E-state index contributed by atoms with van der Waals surface area (Å²) in [6.07, 6.45) is -12.6. The Hall–Kier alpha value is -2.74. The molecule has 0 radical (unpaired) electrons. The molecule has 2 N–H and O–H groups in total. The Morgan fingerprint density at radius 2 is 1.37 bits per heavy atom. The molecule has 2 aromatic rings. The molecule has 0 atom stereocenters. The SMILES string of the molecule is CN(C)c1cccc2c(S(=O)(=O)NNC(=O)N(CCCC(F)(F)F)CCCC(F)(F)F)cccc12. The Morgan fingerprint density at radius 3 is 1.89 bits per heavy atom. The molecular formula is C21H26F6N4O3S. The summed E-state index contributed by atoms with van der Waals surface area (Å²) in [6, 6.07) is 8.37. The van der Waals surface area contributed by atoms with Crippen LogP contribution in [0.2, 0.25) is 0 Å². The van der Waals surface area contributed by atoms with Gasteiger partial charge < -0.3 is 9.80 Å². The minimum atomic E-state index is -4.50. The van der Waals surface area contributed by atoms with Crippen LogP contribution >= 0.6 is 0 Å². The smallest absolute Gasteiger partial charge is 0.377 e. The second-order valence-electron chi connectivity index (χ2n) is 7.98. The van der Waals surface area contributed by atoms with Crippen LogP contribution in [0.3, 0.4) is 0 Å². The monoisotopic (exact) mass is 528 g/mol. The number of rotatable bonds is 10. The second kappa shape index (κ2) is 11.3. The predicted molar refractivity (Wildman–Crippen MR) is 119 cm³/mol. The molecule has 0 unspecified atom stereocenters. The number of alkyl halides is 6. The zero-order chi connectivity index (χ0) is 26.4. The maximum absolute atomic E-state index is 12.9. The molecule has 0 heterocycles. The standard InChI is InChI=1S/C21H26F6N4O3S/c1-30(2)17-9-3-8-16-15(17)7-4-10-18(16)35(33,34)29-28-19(32)31(13-5-11-20(22,23)24)14-6-12-21(25,26)27/h3-4,7-10,29H,5-6,11-14H2,1-2H3,(H,28,32). The summed E-state index contributed by atoms with van der Waals surface area (Å²) in [5.74, 6) is 0. The highest BCUT2D eigenvalue weighted by Crippen LogP contribution is 2.30. The average molecular weight is 529 g/mol. The van der Waals surface area contributed by atoms with Crippen LogP contribution < -0.4 is 15.2 Å². The van der Waals surface area contributed by atoms with Crippen molar-refractivity contribution in [2.75, 3.05) is 32.1 Å². The lowest BCUT2D eigenvalue weighted by Crippen LogP contribution is -2.49. The largest absolute Gasteiger partial charge is 0.389 e. The number of nitrogens with zero attached hydrogens (tertiary/aromatic N) is 2. The van der Waals surface area contributed by atoms with Gasteiger partial charge in [0.05, 0.1) is 4.90 Å². The molecule has 0 aliphatic heterocycles. The first-order valence-electron chi connectivity index (χ1n) is 10.5. The topological polar surface area (TPSA) is 81.8 Å². The second-order valence-corrected chi connectivity index (χ2v) is 9.63. The van der Waals surface area contributed by atoms with E-state index in [9.17, 15) is 39.6 Å². The number of carbonyl (C=O) groups excluding carboxylic acids is 1. The van der Waals surface area contributed by atoms with Crippen LogP contribution in [0.4, 0.5) is 36.8 Å². The molecule has 0 aromatic heterocycles. The van der Waals surface area contributed by atoms with Gasteiger partial charge in [-0.25, -0.2) is 13.2 Å². The van der Waals surface area contributed by atoms with Gasteiger partial charge in [-0.1, -0.05) is 24.3 Å². The van der Waals surface area contributed by atoms with Gasteiger partial charge in [-0.3, -0.25) is 5.43 Å². The van der Waals surface area contributed by atoms with E-state index in [1.54, 1.807) is 43.3 Å². The fourth-order valence-electron chi connectivity index (χ4n) is 3.39. The van der Waals surface area contributed by atoms with Gasteiger partial charge in [0.1, 0.15) is 0 Å². The fraction of sp³-hybridized carbons (Fsp3) is 0.476. The van der Waals surface area contributed by atoms with E-state index in [1.807, 2.05) is 10.3 Å². The van der Waals surface area contributed by atoms with Gasteiger partial charge in [0, 0.05) is 56.5 Å². The van der Waals surface area contributed by atoms with Crippen molar-refractivity contribution in [2.45, 2.75) is 42.9 Å². The van der Waals surface area contributed by atoms with Crippen LogP contribution in [0, 0.1) is 0 Å². The van der Waals surface area contributed by atoms with Crippen molar-refractivity contribution in [1.82, 2.24) is 15.2 Å². The van der Waals surface area contributed by atoms with E-state index in [4.69, 9.17) is 0 Å². The molecule has 0 bridgehead atoms. The number of nitrogens with one attached hydrogen (secondary N) is 2. The lowest BCUT2D eigenvalue weighted by molar-refractivity contribution is -0.136. The molecule has 2 aromatic carbocycles. The molecule has 14 heteroatoms. The van der Waals surface area contributed by atoms with Crippen molar-refractivity contribution < 1.29 is 39.6 Å². The van der Waals surface area contributed by atoms with Crippen LogP contribution in [-0.2, 0) is 10.0 Å². The molecule has 0 aliphatic rings. The van der Waals surface area contributed by atoms with Gasteiger partial charge in [0.25, 0.3) is 10.0 Å². The summed E-state index contributed by atoms with van der Waals surface area (Å²) in [5.41, 5.74) is 2.63. The van der Waals surface area contributed by atoms with Gasteiger partial charge in [-0.15, -0.1) is 4.83 Å². The van der Waals surface area contributed by atoms with E-state index in [1.165, 1.54) is 12.1 Å². The van der Waals surface area contributed by atoms with Crippen LogP contribution in [0.5, 0.6) is 0 Å². The summed E-state index contributed by atoms with van der Waals surface area (Å²) >= 11 is 0. The van der Waals surface area contributed by atoms with Crippen molar-refractivity contribution >= 4 is 32.5 Å². The van der Waals surface area contributed by atoms with Crippen molar-refractivity contribution in [3.05, 3.63) is 36.4 Å². The molecule has 35 heavy (non-hydrogen) atoms. The van der Waals surface area contributed by atoms with Crippen LogP contribution in [0.1, 0.15) is 25.7 Å². The van der Waals surface area contributed by atoms with Crippen LogP contribution in [-0.4, -0.2) is 58.9 Å². The molecule has 0 saturated carbocycles. The third kappa shape index (κ3) is 8.76. The maximum atomic E-state index is 12.9. The number of amides is 2. The molecule has 0 aliphatic carbocycles. The van der Waals surface area contributed by atoms with Gasteiger partial charge in [0.15, 0.2) is 0 Å². The number of sulfonamides is 1. The Morgan fingerprint density at radius 1 is 0.857 bits per heavy atom. The summed E-state index contributed by atoms with van der Waals surface area (Å²) in [6.45, 7) is -1.02. The van der Waals surface area contributed by atoms with E-state index in [2.05, 4.69) is 0 Å². The van der Waals surface area contributed by atoms with Gasteiger partial charge in [-0.2, -0.15) is 26.3 Å². The van der Waals surface area contributed by atoms with Crippen molar-refractivity contribution in [2.24, 2.45) is 0 Å². The lowest BCUT2D eigenvalue weighted by atomic mass is 10.1. The molecule has 0 fully saturated rings. The number of anilines is 1. The molecule has 0 saturated heterocycles. The summed E-state index contributed by atoms with van der Waals surface area (Å²) in [5, 5.41) is 0.972. The Balaban J connectivity index is 2.17. The summed E-state index contributed by atoms with van der Waals surface area (Å²) in [4.78, 5) is 16.7. The lowest BCUT2D eigenvalue weighted by Gasteiger charge is -2.24. The highest BCUT2D eigenvalue weighted by Gasteiger charge is 2.29. The van der Waals surface area contributed by atoms with E-state index >= 15 is 0 Å². The van der Waals surface area contributed by atoms with Crippen molar-refractivity contribution in [1.29, 1.82) is 0 Å². The average Bonchev–Trinajstić information content (AvgIpc) is 2.73. The summed E-state index contributed by atoms with van der Waals surface area (Å²) in [7, 11) is -0.776. The minimum Gasteiger partial charge on any atom is -0.377 e. The number of hydrogen-bond acceptors (Lipinski definition) is 4. The molecule has 7 nitrogen and oxygen atoms in total. The van der Waals surface area contributed by atoms with Crippen LogP contribution in [0.25, 0.3) is 10.8 Å². The maximum Gasteiger partial charge on any atom is 0.389 e. The zero-order valence-corrected chi connectivity index (χ0v) is 19.8. The van der Waals surface area contributed by atoms with Crippen molar-refractivity contribution in [3.8, 4) is 0 Å². The van der Waals surface area contributed by atoms with Gasteiger partial charge in [-0.05, 0) is 25.0 Å². The highest BCUT2D eigenvalue weighted by atomic mass is 32.2. The van der Waals surface area contributed by atoms with E-state index in [0.29, 0.717) is 15.7 Å². The number of hydrogen-bond donors (Lipinski definition) is 2. The molecule has 2 rings (SSSR count). The fourth-order valence-corrected chi connectivity index (χ4v) is 4.45. The van der Waals surface area contributed by atoms with Crippen LogP contribution in [0.15, 0.2) is 41.3 Å².